The van der Waals surface area contributed by atoms with Crippen molar-refractivity contribution in [3.05, 3.63) is 71.0 Å². The normalized spacial score (nSPS) is 21.6. The molecule has 0 aliphatic carbocycles. The highest BCUT2D eigenvalue weighted by Crippen LogP contribution is 2.28. The highest BCUT2D eigenvalue weighted by Gasteiger charge is 2.49. The Kier molecular flexibility index (Phi) is 6.97. The van der Waals surface area contributed by atoms with Crippen LogP contribution in [0.2, 0.25) is 0 Å². The van der Waals surface area contributed by atoms with E-state index in [1.165, 1.54) is 42.7 Å². The van der Waals surface area contributed by atoms with Gasteiger partial charge < -0.3 is 10.6 Å². The second-order valence-corrected chi connectivity index (χ2v) is 9.51. The van der Waals surface area contributed by atoms with Gasteiger partial charge in [0.1, 0.15) is 17.9 Å². The van der Waals surface area contributed by atoms with Gasteiger partial charge in [-0.3, -0.25) is 19.4 Å². The van der Waals surface area contributed by atoms with Gasteiger partial charge in [0.25, 0.3) is 5.91 Å². The number of carbonyl (C=O) groups excluding carboxylic acids is 3. The van der Waals surface area contributed by atoms with Gasteiger partial charge in [-0.05, 0) is 67.6 Å². The minimum atomic E-state index is -1.34. The van der Waals surface area contributed by atoms with E-state index in [4.69, 9.17) is 0 Å². The number of amides is 4. The average molecular weight is 467 g/mol. The third-order valence-electron chi connectivity index (χ3n) is 6.79. The molecule has 4 rings (SSSR count). The molecule has 7 nitrogen and oxygen atoms in total. The maximum atomic E-state index is 13.2. The lowest BCUT2D eigenvalue weighted by molar-refractivity contribution is -0.134. The molecule has 2 aromatic rings. The van der Waals surface area contributed by atoms with Crippen molar-refractivity contribution >= 4 is 17.8 Å². The van der Waals surface area contributed by atoms with E-state index in [2.05, 4.69) is 34.6 Å². The molecule has 0 spiro atoms. The topological polar surface area (TPSA) is 81.8 Å². The van der Waals surface area contributed by atoms with Gasteiger partial charge in [0.05, 0.1) is 0 Å². The molecular formula is C26H31FN4O3. The Balaban J connectivity index is 1.28. The molecule has 2 aromatic carbocycles. The van der Waals surface area contributed by atoms with Crippen LogP contribution in [-0.2, 0) is 28.2 Å². The van der Waals surface area contributed by atoms with E-state index in [-0.39, 0.29) is 6.54 Å². The van der Waals surface area contributed by atoms with E-state index >= 15 is 0 Å². The Morgan fingerprint density at radius 2 is 1.68 bits per heavy atom. The number of benzene rings is 2. The molecule has 2 saturated heterocycles. The zero-order valence-corrected chi connectivity index (χ0v) is 19.6. The molecule has 0 radical (unpaired) electrons. The SMILES string of the molecule is CC1CCN(Cc2ccc(CNC(=O)CN3C(=O)NC(C)(c4ccc(F)cc4)C3=O)cc2)CC1. The number of hydrogen-bond acceptors (Lipinski definition) is 4. The fourth-order valence-electron chi connectivity index (χ4n) is 4.46. The average Bonchev–Trinajstić information content (AvgIpc) is 3.04. The van der Waals surface area contributed by atoms with Crippen molar-refractivity contribution < 1.29 is 18.8 Å². The molecule has 8 heteroatoms. The Labute approximate surface area is 199 Å². The third kappa shape index (κ3) is 5.28. The van der Waals surface area contributed by atoms with Gasteiger partial charge in [-0.15, -0.1) is 0 Å². The number of rotatable bonds is 7. The van der Waals surface area contributed by atoms with E-state index in [9.17, 15) is 18.8 Å². The molecule has 2 aliphatic rings. The predicted molar refractivity (Wildman–Crippen MR) is 126 cm³/mol. The van der Waals surface area contributed by atoms with Gasteiger partial charge in [-0.2, -0.15) is 0 Å². The van der Waals surface area contributed by atoms with Crippen LogP contribution in [0.15, 0.2) is 48.5 Å². The van der Waals surface area contributed by atoms with Crippen LogP contribution in [-0.4, -0.2) is 47.3 Å². The van der Waals surface area contributed by atoms with Gasteiger partial charge in [0.15, 0.2) is 0 Å². The van der Waals surface area contributed by atoms with Gasteiger partial charge >= 0.3 is 6.03 Å². The summed E-state index contributed by atoms with van der Waals surface area (Å²) in [6.45, 7) is 6.95. The summed E-state index contributed by atoms with van der Waals surface area (Å²) in [6, 6.07) is 12.8. The van der Waals surface area contributed by atoms with Crippen molar-refractivity contribution in [2.24, 2.45) is 5.92 Å². The predicted octanol–water partition coefficient (Wildman–Crippen LogP) is 3.14. The number of carbonyl (C=O) groups is 3. The van der Waals surface area contributed by atoms with Crippen LogP contribution in [0.1, 0.15) is 43.4 Å². The highest BCUT2D eigenvalue weighted by atomic mass is 19.1. The van der Waals surface area contributed by atoms with E-state index in [0.29, 0.717) is 12.1 Å². The van der Waals surface area contributed by atoms with Crippen molar-refractivity contribution in [3.63, 3.8) is 0 Å². The summed E-state index contributed by atoms with van der Waals surface area (Å²) in [5, 5.41) is 5.39. The van der Waals surface area contributed by atoms with Crippen LogP contribution < -0.4 is 10.6 Å². The summed E-state index contributed by atoms with van der Waals surface area (Å²) >= 11 is 0. The Morgan fingerprint density at radius 3 is 2.32 bits per heavy atom. The number of urea groups is 1. The molecular weight excluding hydrogens is 435 g/mol. The number of hydrogen-bond donors (Lipinski definition) is 2. The number of nitrogens with zero attached hydrogens (tertiary/aromatic N) is 2. The lowest BCUT2D eigenvalue weighted by Crippen LogP contribution is -2.43. The highest BCUT2D eigenvalue weighted by molar-refractivity contribution is 6.09. The van der Waals surface area contributed by atoms with Gasteiger partial charge in [0.2, 0.25) is 5.91 Å². The maximum absolute atomic E-state index is 13.2. The van der Waals surface area contributed by atoms with Crippen LogP contribution in [0.25, 0.3) is 0 Å². The van der Waals surface area contributed by atoms with E-state index in [0.717, 1.165) is 36.0 Å². The molecule has 0 saturated carbocycles. The molecule has 2 heterocycles. The van der Waals surface area contributed by atoms with Crippen LogP contribution in [0.4, 0.5) is 9.18 Å². The quantitative estimate of drug-likeness (QED) is 0.615. The molecule has 1 atom stereocenters. The first-order valence-corrected chi connectivity index (χ1v) is 11.7. The smallest absolute Gasteiger partial charge is 0.325 e. The zero-order chi connectivity index (χ0) is 24.3. The fourth-order valence-corrected chi connectivity index (χ4v) is 4.46. The number of imide groups is 1. The summed E-state index contributed by atoms with van der Waals surface area (Å²) in [7, 11) is 0. The first-order chi connectivity index (χ1) is 16.2. The van der Waals surface area contributed by atoms with Crippen LogP contribution >= 0.6 is 0 Å². The summed E-state index contributed by atoms with van der Waals surface area (Å²) < 4.78 is 13.2. The van der Waals surface area contributed by atoms with Crippen molar-refractivity contribution in [2.75, 3.05) is 19.6 Å². The van der Waals surface area contributed by atoms with Crippen LogP contribution in [0.3, 0.4) is 0 Å². The van der Waals surface area contributed by atoms with Gasteiger partial charge in [-0.25, -0.2) is 9.18 Å². The largest absolute Gasteiger partial charge is 0.350 e. The third-order valence-corrected chi connectivity index (χ3v) is 6.79. The first kappa shape index (κ1) is 23.9. The lowest BCUT2D eigenvalue weighted by atomic mass is 9.92. The van der Waals surface area contributed by atoms with Crippen molar-refractivity contribution in [2.45, 2.75) is 45.3 Å². The van der Waals surface area contributed by atoms with Crippen LogP contribution in [0.5, 0.6) is 0 Å². The molecule has 34 heavy (non-hydrogen) atoms. The lowest BCUT2D eigenvalue weighted by Gasteiger charge is -2.30. The molecule has 2 fully saturated rings. The molecule has 0 bridgehead atoms. The van der Waals surface area contributed by atoms with E-state index < -0.39 is 29.2 Å². The molecule has 1 unspecified atom stereocenters. The van der Waals surface area contributed by atoms with E-state index in [1.54, 1.807) is 6.92 Å². The number of halogens is 1. The molecule has 180 valence electrons. The molecule has 4 amide bonds. The summed E-state index contributed by atoms with van der Waals surface area (Å²) in [6.07, 6.45) is 2.48. The summed E-state index contributed by atoms with van der Waals surface area (Å²) in [5.74, 6) is -0.607. The van der Waals surface area contributed by atoms with Gasteiger partial charge in [0, 0.05) is 13.1 Å². The second kappa shape index (κ2) is 9.93. The van der Waals surface area contributed by atoms with E-state index in [1.807, 2.05) is 12.1 Å². The summed E-state index contributed by atoms with van der Waals surface area (Å²) in [5.41, 5.74) is 1.30. The Morgan fingerprint density at radius 1 is 1.06 bits per heavy atom. The number of piperidine rings is 1. The molecule has 2 N–H and O–H groups in total. The molecule has 2 aliphatic heterocycles. The first-order valence-electron chi connectivity index (χ1n) is 11.7. The minimum Gasteiger partial charge on any atom is -0.350 e. The Bertz CT molecular complexity index is 1050. The number of nitrogens with one attached hydrogen (secondary N) is 2. The monoisotopic (exact) mass is 466 g/mol. The standard InChI is InChI=1S/C26H31FN4O3/c1-18-11-13-30(14-12-18)16-20-5-3-19(4-6-20)15-28-23(32)17-31-24(33)26(2,29-25(31)34)21-7-9-22(27)10-8-21/h3-10,18H,11-17H2,1-2H3,(H,28,32)(H,29,34). The van der Waals surface area contributed by atoms with Crippen molar-refractivity contribution in [1.82, 2.24) is 20.4 Å². The van der Waals surface area contributed by atoms with Gasteiger partial charge in [-0.1, -0.05) is 43.3 Å². The minimum absolute atomic E-state index is 0.305. The fraction of sp³-hybridized carbons (Fsp3) is 0.423. The summed E-state index contributed by atoms with van der Waals surface area (Å²) in [4.78, 5) is 41.1. The zero-order valence-electron chi connectivity index (χ0n) is 19.6. The number of likely N-dealkylation sites (tertiary alicyclic amines) is 1. The maximum Gasteiger partial charge on any atom is 0.325 e. The second-order valence-electron chi connectivity index (χ2n) is 9.51. The van der Waals surface area contributed by atoms with Crippen molar-refractivity contribution in [3.8, 4) is 0 Å². The molecule has 0 aromatic heterocycles. The Hall–Kier alpha value is -3.26. The van der Waals surface area contributed by atoms with Crippen LogP contribution in [0, 0.1) is 11.7 Å². The van der Waals surface area contributed by atoms with Crippen molar-refractivity contribution in [1.29, 1.82) is 0 Å².